The molecule has 2 amide bonds. The van der Waals surface area contributed by atoms with Crippen molar-refractivity contribution in [2.75, 3.05) is 30.4 Å². The monoisotopic (exact) mass is 560 g/mol. The van der Waals surface area contributed by atoms with E-state index in [0.717, 1.165) is 22.4 Å². The lowest BCUT2D eigenvalue weighted by Crippen LogP contribution is -2.28. The molecule has 3 aromatic carbocycles. The van der Waals surface area contributed by atoms with Crippen LogP contribution in [0.3, 0.4) is 0 Å². The molecule has 0 saturated carbocycles. The zero-order valence-electron chi connectivity index (χ0n) is 22.3. The van der Waals surface area contributed by atoms with Crippen LogP contribution in [0.4, 0.5) is 17.4 Å². The van der Waals surface area contributed by atoms with Crippen LogP contribution < -0.4 is 10.2 Å². The lowest BCUT2D eigenvalue weighted by molar-refractivity contribution is -0.141. The Labute approximate surface area is 236 Å². The second kappa shape index (κ2) is 11.0. The van der Waals surface area contributed by atoms with Crippen LogP contribution in [-0.4, -0.2) is 52.9 Å². The predicted octanol–water partition coefficient (Wildman–Crippen LogP) is 5.39. The summed E-state index contributed by atoms with van der Waals surface area (Å²) in [6.07, 6.45) is 0.151. The number of aromatic nitrogens is 1. The molecule has 0 radical (unpaired) electrons. The summed E-state index contributed by atoms with van der Waals surface area (Å²) in [5.74, 6) is -2.14. The van der Waals surface area contributed by atoms with E-state index in [-0.39, 0.29) is 30.7 Å². The normalized spacial score (nSPS) is 16.8. The van der Waals surface area contributed by atoms with E-state index in [2.05, 4.69) is 10.3 Å². The molecule has 2 heterocycles. The maximum absolute atomic E-state index is 13.1. The number of aliphatic carboxylic acids is 1. The molecule has 1 aliphatic rings. The van der Waals surface area contributed by atoms with Gasteiger partial charge in [-0.1, -0.05) is 41.9 Å². The third-order valence-corrected chi connectivity index (χ3v) is 7.74. The zero-order valence-corrected chi connectivity index (χ0v) is 23.1. The number of nitrogens with one attached hydrogen (secondary N) is 1. The first-order valence-electron chi connectivity index (χ1n) is 12.9. The summed E-state index contributed by atoms with van der Waals surface area (Å²) in [5.41, 5.74) is 5.17. The second-order valence-corrected chi connectivity index (χ2v) is 10.5. The van der Waals surface area contributed by atoms with Gasteiger partial charge in [0.15, 0.2) is 5.58 Å². The van der Waals surface area contributed by atoms with Gasteiger partial charge in [-0.15, -0.1) is 0 Å². The van der Waals surface area contributed by atoms with E-state index in [4.69, 9.17) is 16.0 Å². The summed E-state index contributed by atoms with van der Waals surface area (Å²) in [4.78, 5) is 44.3. The van der Waals surface area contributed by atoms with E-state index < -0.39 is 11.9 Å². The molecule has 0 spiro atoms. The molecule has 2 unspecified atom stereocenters. The number of carbonyl (C=O) groups is 3. The predicted molar refractivity (Wildman–Crippen MR) is 153 cm³/mol. The number of hydrogen-bond donors (Lipinski definition) is 2. The number of likely N-dealkylation sites (N-methyl/N-ethyl adjacent to an activating group) is 1. The first kappa shape index (κ1) is 27.2. The molecule has 2 N–H and O–H groups in total. The fourth-order valence-electron chi connectivity index (χ4n) is 5.06. The molecule has 40 heavy (non-hydrogen) atoms. The van der Waals surface area contributed by atoms with E-state index in [1.165, 1.54) is 6.92 Å². The highest BCUT2D eigenvalue weighted by atomic mass is 35.5. The molecule has 10 heteroatoms. The van der Waals surface area contributed by atoms with Crippen molar-refractivity contribution in [2.24, 2.45) is 5.92 Å². The van der Waals surface area contributed by atoms with Gasteiger partial charge in [-0.05, 0) is 53.9 Å². The second-order valence-electron chi connectivity index (χ2n) is 10.1. The molecule has 4 aromatic rings. The van der Waals surface area contributed by atoms with Gasteiger partial charge in [0.25, 0.3) is 6.01 Å². The number of carboxylic acid groups (broad SMARTS) is 1. The van der Waals surface area contributed by atoms with Crippen LogP contribution in [0.25, 0.3) is 11.1 Å². The van der Waals surface area contributed by atoms with Crippen LogP contribution in [0.2, 0.25) is 5.02 Å². The molecule has 9 nitrogen and oxygen atoms in total. The average molecular weight is 561 g/mol. The number of para-hydroxylation sites is 1. The van der Waals surface area contributed by atoms with E-state index in [9.17, 15) is 19.5 Å². The van der Waals surface area contributed by atoms with Gasteiger partial charge < -0.3 is 24.6 Å². The first-order valence-corrected chi connectivity index (χ1v) is 13.2. The van der Waals surface area contributed by atoms with Crippen LogP contribution in [0.15, 0.2) is 65.1 Å². The number of nitrogens with zero attached hydrogens (tertiary/aromatic N) is 3. The number of rotatable bonds is 7. The number of benzene rings is 3. The Kier molecular flexibility index (Phi) is 7.49. The van der Waals surface area contributed by atoms with Crippen molar-refractivity contribution in [2.45, 2.75) is 26.2 Å². The van der Waals surface area contributed by atoms with Crippen molar-refractivity contribution >= 4 is 57.9 Å². The summed E-state index contributed by atoms with van der Waals surface area (Å²) in [6.45, 7) is 3.94. The number of fused-ring (bicyclic) bond motifs is 1. The van der Waals surface area contributed by atoms with Gasteiger partial charge in [-0.25, -0.2) is 0 Å². The van der Waals surface area contributed by atoms with Gasteiger partial charge >= 0.3 is 5.97 Å². The first-order chi connectivity index (χ1) is 19.1. The molecule has 1 fully saturated rings. The Hall–Kier alpha value is -4.37. The Morgan fingerprint density at radius 2 is 1.88 bits per heavy atom. The summed E-state index contributed by atoms with van der Waals surface area (Å²) in [6, 6.07) is 18.6. The minimum absolute atomic E-state index is 0.122. The number of oxazole rings is 1. The van der Waals surface area contributed by atoms with Crippen molar-refractivity contribution in [3.05, 3.63) is 82.4 Å². The van der Waals surface area contributed by atoms with Crippen LogP contribution in [0.5, 0.6) is 0 Å². The summed E-state index contributed by atoms with van der Waals surface area (Å²) < 4.78 is 5.89. The standard InChI is InChI=1S/C30H29ClN4O5/c1-17-5-4-6-24(31)28(17)33-30-32-25-12-7-19(13-26(25)40-30)14-27(37)34(3)21-10-8-20(9-11-21)22-15-35(18(2)36)16-23(22)29(38)39/h4-13,22-23H,14-16H2,1-3H3,(H,32,33)(H,38,39). The highest BCUT2D eigenvalue weighted by Crippen LogP contribution is 2.34. The summed E-state index contributed by atoms with van der Waals surface area (Å²) in [7, 11) is 1.70. The Morgan fingerprint density at radius 3 is 2.55 bits per heavy atom. The number of hydrogen-bond acceptors (Lipinski definition) is 6. The molecule has 2 atom stereocenters. The molecule has 1 aromatic heterocycles. The summed E-state index contributed by atoms with van der Waals surface area (Å²) in [5, 5.41) is 13.3. The number of carboxylic acids is 1. The third-order valence-electron chi connectivity index (χ3n) is 7.43. The maximum Gasteiger partial charge on any atom is 0.308 e. The van der Waals surface area contributed by atoms with E-state index in [1.54, 1.807) is 41.1 Å². The van der Waals surface area contributed by atoms with E-state index >= 15 is 0 Å². The van der Waals surface area contributed by atoms with Gasteiger partial charge in [0.1, 0.15) is 5.52 Å². The number of amides is 2. The van der Waals surface area contributed by atoms with E-state index in [0.29, 0.717) is 34.4 Å². The van der Waals surface area contributed by atoms with Crippen molar-refractivity contribution in [1.29, 1.82) is 0 Å². The van der Waals surface area contributed by atoms with Crippen LogP contribution in [0, 0.1) is 12.8 Å². The Balaban J connectivity index is 1.27. The van der Waals surface area contributed by atoms with Gasteiger partial charge in [-0.2, -0.15) is 4.98 Å². The van der Waals surface area contributed by atoms with Crippen LogP contribution in [0.1, 0.15) is 29.5 Å². The highest BCUT2D eigenvalue weighted by Gasteiger charge is 2.39. The number of halogens is 1. The largest absolute Gasteiger partial charge is 0.481 e. The Bertz CT molecular complexity index is 1580. The number of carbonyl (C=O) groups excluding carboxylic acids is 2. The van der Waals surface area contributed by atoms with Crippen molar-refractivity contribution in [1.82, 2.24) is 9.88 Å². The quantitative estimate of drug-likeness (QED) is 0.311. The molecular weight excluding hydrogens is 532 g/mol. The fourth-order valence-corrected chi connectivity index (χ4v) is 5.33. The SMILES string of the molecule is CC(=O)N1CC(C(=O)O)C(c2ccc(N(C)C(=O)Cc3ccc4nc(Nc5c(C)cccc5Cl)oc4c3)cc2)C1. The number of anilines is 3. The number of likely N-dealkylation sites (tertiary alicyclic amines) is 1. The van der Waals surface area contributed by atoms with Crippen molar-refractivity contribution in [3.8, 4) is 0 Å². The van der Waals surface area contributed by atoms with Gasteiger partial charge in [0, 0.05) is 38.7 Å². The Morgan fingerprint density at radius 1 is 1.12 bits per heavy atom. The van der Waals surface area contributed by atoms with Crippen molar-refractivity contribution < 1.29 is 23.9 Å². The van der Waals surface area contributed by atoms with Crippen LogP contribution in [-0.2, 0) is 20.8 Å². The lowest BCUT2D eigenvalue weighted by Gasteiger charge is -2.20. The number of aryl methyl sites for hydroxylation is 1. The topological polar surface area (TPSA) is 116 Å². The highest BCUT2D eigenvalue weighted by molar-refractivity contribution is 6.33. The molecule has 5 rings (SSSR count). The lowest BCUT2D eigenvalue weighted by atomic mass is 9.89. The summed E-state index contributed by atoms with van der Waals surface area (Å²) >= 11 is 6.31. The third kappa shape index (κ3) is 5.51. The molecule has 0 aliphatic carbocycles. The van der Waals surface area contributed by atoms with Gasteiger partial charge in [-0.3, -0.25) is 14.4 Å². The minimum Gasteiger partial charge on any atom is -0.481 e. The molecule has 1 saturated heterocycles. The molecule has 0 bridgehead atoms. The van der Waals surface area contributed by atoms with Crippen molar-refractivity contribution in [3.63, 3.8) is 0 Å². The zero-order chi connectivity index (χ0) is 28.6. The fraction of sp³-hybridized carbons (Fsp3) is 0.267. The molecular formula is C30H29ClN4O5. The average Bonchev–Trinajstić information content (AvgIpc) is 3.55. The maximum atomic E-state index is 13.1. The van der Waals surface area contributed by atoms with Crippen LogP contribution >= 0.6 is 11.6 Å². The van der Waals surface area contributed by atoms with E-state index in [1.807, 2.05) is 43.3 Å². The molecule has 206 valence electrons. The smallest absolute Gasteiger partial charge is 0.308 e. The van der Waals surface area contributed by atoms with Gasteiger partial charge in [0.2, 0.25) is 11.8 Å². The van der Waals surface area contributed by atoms with Gasteiger partial charge in [0.05, 0.1) is 23.0 Å². The minimum atomic E-state index is -0.921. The molecule has 1 aliphatic heterocycles.